The summed E-state index contributed by atoms with van der Waals surface area (Å²) in [6.07, 6.45) is 3.25. The standard InChI is InChI=1S/C16H14F2N4/c1-9(15-12(17)4-3-5-13(15)18)20-16-11-6-7-19-8-14(11)21-10(2)22-16/h3-9H,1-2H3,(H,20,21,22)/t9-/m1/s1. The SMILES string of the molecule is Cc1nc(N[C@H](C)c2c(F)cccc2F)c2ccncc2n1. The number of hydrogen-bond donors (Lipinski definition) is 1. The zero-order valence-corrected chi connectivity index (χ0v) is 12.1. The van der Waals surface area contributed by atoms with Crippen LogP contribution in [0.15, 0.2) is 36.7 Å². The minimum absolute atomic E-state index is 0.0130. The van der Waals surface area contributed by atoms with E-state index in [1.807, 2.05) is 0 Å². The van der Waals surface area contributed by atoms with Gasteiger partial charge in [0.05, 0.1) is 17.8 Å². The lowest BCUT2D eigenvalue weighted by atomic mass is 10.1. The van der Waals surface area contributed by atoms with Gasteiger partial charge in [0.1, 0.15) is 23.3 Å². The highest BCUT2D eigenvalue weighted by Crippen LogP contribution is 2.27. The van der Waals surface area contributed by atoms with Crippen molar-refractivity contribution in [3.05, 3.63) is 59.7 Å². The van der Waals surface area contributed by atoms with E-state index < -0.39 is 17.7 Å². The predicted octanol–water partition coefficient (Wildman–Crippen LogP) is 3.78. The minimum Gasteiger partial charge on any atom is -0.363 e. The van der Waals surface area contributed by atoms with E-state index in [-0.39, 0.29) is 5.56 Å². The molecule has 0 saturated heterocycles. The van der Waals surface area contributed by atoms with Crippen molar-refractivity contribution < 1.29 is 8.78 Å². The van der Waals surface area contributed by atoms with Gasteiger partial charge < -0.3 is 5.32 Å². The summed E-state index contributed by atoms with van der Waals surface area (Å²) in [5, 5.41) is 3.82. The zero-order valence-electron chi connectivity index (χ0n) is 12.1. The van der Waals surface area contributed by atoms with Crippen molar-refractivity contribution >= 4 is 16.7 Å². The number of benzene rings is 1. The number of hydrogen-bond acceptors (Lipinski definition) is 4. The molecule has 0 spiro atoms. The Labute approximate surface area is 126 Å². The van der Waals surface area contributed by atoms with Crippen LogP contribution in [0.5, 0.6) is 0 Å². The molecule has 2 heterocycles. The van der Waals surface area contributed by atoms with Gasteiger partial charge in [0.2, 0.25) is 0 Å². The van der Waals surface area contributed by atoms with Crippen molar-refractivity contribution in [1.82, 2.24) is 15.0 Å². The highest BCUT2D eigenvalue weighted by molar-refractivity contribution is 5.88. The lowest BCUT2D eigenvalue weighted by Gasteiger charge is -2.17. The van der Waals surface area contributed by atoms with Crippen molar-refractivity contribution in [2.75, 3.05) is 5.32 Å². The number of halogens is 2. The van der Waals surface area contributed by atoms with Gasteiger partial charge in [-0.05, 0) is 32.0 Å². The Kier molecular flexibility index (Phi) is 3.66. The first kappa shape index (κ1) is 14.3. The van der Waals surface area contributed by atoms with E-state index in [2.05, 4.69) is 20.3 Å². The van der Waals surface area contributed by atoms with E-state index >= 15 is 0 Å². The molecule has 1 atom stereocenters. The molecule has 0 fully saturated rings. The van der Waals surface area contributed by atoms with E-state index in [0.717, 1.165) is 5.39 Å². The van der Waals surface area contributed by atoms with Gasteiger partial charge in [-0.1, -0.05) is 6.07 Å². The van der Waals surface area contributed by atoms with E-state index in [9.17, 15) is 8.78 Å². The molecule has 0 bridgehead atoms. The number of pyridine rings is 1. The van der Waals surface area contributed by atoms with Crippen molar-refractivity contribution in [3.8, 4) is 0 Å². The average Bonchev–Trinajstić information content (AvgIpc) is 2.46. The fourth-order valence-electron chi connectivity index (χ4n) is 2.41. The average molecular weight is 300 g/mol. The molecule has 0 aliphatic carbocycles. The number of anilines is 1. The number of nitrogens with zero attached hydrogens (tertiary/aromatic N) is 3. The van der Waals surface area contributed by atoms with Gasteiger partial charge in [-0.2, -0.15) is 0 Å². The normalized spacial score (nSPS) is 12.4. The summed E-state index contributed by atoms with van der Waals surface area (Å²) in [6, 6.07) is 5.01. The quantitative estimate of drug-likeness (QED) is 0.799. The molecule has 0 unspecified atom stereocenters. The Morgan fingerprint density at radius 3 is 2.55 bits per heavy atom. The molecule has 1 N–H and O–H groups in total. The van der Waals surface area contributed by atoms with Crippen LogP contribution in [-0.2, 0) is 0 Å². The number of nitrogens with one attached hydrogen (secondary N) is 1. The molecule has 0 aliphatic rings. The first-order chi connectivity index (χ1) is 10.6. The molecule has 3 rings (SSSR count). The Morgan fingerprint density at radius 1 is 1.09 bits per heavy atom. The Bertz CT molecular complexity index is 815. The summed E-state index contributed by atoms with van der Waals surface area (Å²) in [5.41, 5.74) is 0.666. The molecule has 0 saturated carbocycles. The Morgan fingerprint density at radius 2 is 1.82 bits per heavy atom. The summed E-state index contributed by atoms with van der Waals surface area (Å²) in [6.45, 7) is 3.44. The number of fused-ring (bicyclic) bond motifs is 1. The second kappa shape index (κ2) is 5.63. The fraction of sp³-hybridized carbons (Fsp3) is 0.188. The largest absolute Gasteiger partial charge is 0.363 e. The summed E-state index contributed by atoms with van der Waals surface area (Å²) in [4.78, 5) is 12.6. The lowest BCUT2D eigenvalue weighted by molar-refractivity contribution is 0.544. The smallest absolute Gasteiger partial charge is 0.138 e. The van der Waals surface area contributed by atoms with Gasteiger partial charge in [-0.25, -0.2) is 18.7 Å². The molecule has 0 radical (unpaired) electrons. The van der Waals surface area contributed by atoms with Crippen molar-refractivity contribution in [2.45, 2.75) is 19.9 Å². The molecule has 1 aromatic carbocycles. The maximum atomic E-state index is 13.9. The topological polar surface area (TPSA) is 50.7 Å². The summed E-state index contributed by atoms with van der Waals surface area (Å²) in [7, 11) is 0. The summed E-state index contributed by atoms with van der Waals surface area (Å²) < 4.78 is 27.7. The van der Waals surface area contributed by atoms with Crippen molar-refractivity contribution in [2.24, 2.45) is 0 Å². The van der Waals surface area contributed by atoms with Crippen LogP contribution in [-0.4, -0.2) is 15.0 Å². The molecular formula is C16H14F2N4. The van der Waals surface area contributed by atoms with E-state index in [1.54, 1.807) is 32.3 Å². The second-order valence-corrected chi connectivity index (χ2v) is 5.01. The highest BCUT2D eigenvalue weighted by atomic mass is 19.1. The molecule has 112 valence electrons. The zero-order chi connectivity index (χ0) is 15.7. The minimum atomic E-state index is -0.586. The van der Waals surface area contributed by atoms with Gasteiger partial charge in [0.25, 0.3) is 0 Å². The monoisotopic (exact) mass is 300 g/mol. The molecular weight excluding hydrogens is 286 g/mol. The van der Waals surface area contributed by atoms with Crippen LogP contribution in [0.4, 0.5) is 14.6 Å². The summed E-state index contributed by atoms with van der Waals surface area (Å²) >= 11 is 0. The van der Waals surface area contributed by atoms with Crippen LogP contribution in [0.3, 0.4) is 0 Å². The highest BCUT2D eigenvalue weighted by Gasteiger charge is 2.17. The number of aromatic nitrogens is 3. The van der Waals surface area contributed by atoms with Crippen LogP contribution < -0.4 is 5.32 Å². The van der Waals surface area contributed by atoms with Gasteiger partial charge >= 0.3 is 0 Å². The van der Waals surface area contributed by atoms with Gasteiger partial charge in [-0.3, -0.25) is 4.98 Å². The molecule has 3 aromatic rings. The van der Waals surface area contributed by atoms with E-state index in [0.29, 0.717) is 17.2 Å². The molecule has 22 heavy (non-hydrogen) atoms. The second-order valence-electron chi connectivity index (χ2n) is 5.01. The maximum Gasteiger partial charge on any atom is 0.138 e. The first-order valence-corrected chi connectivity index (χ1v) is 6.85. The van der Waals surface area contributed by atoms with Crippen LogP contribution in [0.25, 0.3) is 10.9 Å². The van der Waals surface area contributed by atoms with Gasteiger partial charge in [0, 0.05) is 17.1 Å². The van der Waals surface area contributed by atoms with Gasteiger partial charge in [0.15, 0.2) is 0 Å². The summed E-state index contributed by atoms with van der Waals surface area (Å²) in [5.74, 6) is -0.0854. The third-order valence-electron chi connectivity index (χ3n) is 3.40. The van der Waals surface area contributed by atoms with Crippen LogP contribution in [0, 0.1) is 18.6 Å². The molecule has 6 heteroatoms. The predicted molar refractivity (Wildman–Crippen MR) is 80.5 cm³/mol. The molecule has 0 aliphatic heterocycles. The Balaban J connectivity index is 2.03. The molecule has 4 nitrogen and oxygen atoms in total. The van der Waals surface area contributed by atoms with Crippen LogP contribution in [0.2, 0.25) is 0 Å². The molecule has 2 aromatic heterocycles. The number of aryl methyl sites for hydroxylation is 1. The van der Waals surface area contributed by atoms with Crippen LogP contribution >= 0.6 is 0 Å². The fourth-order valence-corrected chi connectivity index (χ4v) is 2.41. The van der Waals surface area contributed by atoms with Crippen molar-refractivity contribution in [1.29, 1.82) is 0 Å². The maximum absolute atomic E-state index is 13.9. The Hall–Kier alpha value is -2.63. The third-order valence-corrected chi connectivity index (χ3v) is 3.40. The lowest BCUT2D eigenvalue weighted by Crippen LogP contribution is -2.13. The van der Waals surface area contributed by atoms with Crippen LogP contribution in [0.1, 0.15) is 24.4 Å². The van der Waals surface area contributed by atoms with E-state index in [4.69, 9.17) is 0 Å². The van der Waals surface area contributed by atoms with E-state index in [1.165, 1.54) is 18.2 Å². The first-order valence-electron chi connectivity index (χ1n) is 6.85. The third kappa shape index (κ3) is 2.59. The van der Waals surface area contributed by atoms with Gasteiger partial charge in [-0.15, -0.1) is 0 Å². The molecule has 0 amide bonds. The van der Waals surface area contributed by atoms with Crippen molar-refractivity contribution in [3.63, 3.8) is 0 Å². The number of rotatable bonds is 3.